The molecule has 2 aromatic rings. The maximum atomic E-state index is 13.0. The Bertz CT molecular complexity index is 828. The van der Waals surface area contributed by atoms with Crippen molar-refractivity contribution >= 4 is 5.91 Å². The zero-order valence-electron chi connectivity index (χ0n) is 16.4. The minimum Gasteiger partial charge on any atom is -0.368 e. The predicted octanol–water partition coefficient (Wildman–Crippen LogP) is 2.58. The smallest absolute Gasteiger partial charge is 0.272 e. The molecule has 0 spiro atoms. The number of amides is 1. The van der Waals surface area contributed by atoms with Crippen molar-refractivity contribution in [2.45, 2.75) is 57.0 Å². The van der Waals surface area contributed by atoms with Crippen LogP contribution in [0.2, 0.25) is 0 Å². The Morgan fingerprint density at radius 2 is 2.04 bits per heavy atom. The highest BCUT2D eigenvalue weighted by Gasteiger charge is 2.43. The highest BCUT2D eigenvalue weighted by atomic mass is 16.5. The van der Waals surface area contributed by atoms with E-state index >= 15 is 0 Å². The van der Waals surface area contributed by atoms with Crippen LogP contribution in [0.15, 0.2) is 10.6 Å². The molecule has 1 saturated heterocycles. The Morgan fingerprint density at radius 1 is 1.33 bits per heavy atom. The lowest BCUT2D eigenvalue weighted by Gasteiger charge is -2.38. The van der Waals surface area contributed by atoms with Crippen molar-refractivity contribution < 1.29 is 14.1 Å². The van der Waals surface area contributed by atoms with Gasteiger partial charge in [0.25, 0.3) is 11.8 Å². The van der Waals surface area contributed by atoms with E-state index in [2.05, 4.69) is 29.1 Å². The fraction of sp³-hybridized carbons (Fsp3) is 0.684. The van der Waals surface area contributed by atoms with Crippen molar-refractivity contribution in [1.29, 1.82) is 0 Å². The zero-order chi connectivity index (χ0) is 19.2. The van der Waals surface area contributed by atoms with Gasteiger partial charge in [0.05, 0.1) is 5.69 Å². The van der Waals surface area contributed by atoms with Gasteiger partial charge in [-0.1, -0.05) is 19.0 Å². The number of carbonyl (C=O) groups is 1. The highest BCUT2D eigenvalue weighted by Crippen LogP contribution is 2.41. The monoisotopic (exact) mass is 373 g/mol. The van der Waals surface area contributed by atoms with Gasteiger partial charge in [-0.3, -0.25) is 9.48 Å². The molecule has 0 bridgehead atoms. The molecule has 1 amide bonds. The van der Waals surface area contributed by atoms with Gasteiger partial charge in [0.2, 0.25) is 0 Å². The van der Waals surface area contributed by atoms with Crippen LogP contribution in [-0.2, 0) is 17.4 Å². The first kappa shape index (κ1) is 18.2. The Balaban J connectivity index is 1.47. The summed E-state index contributed by atoms with van der Waals surface area (Å²) in [6.45, 7) is 5.31. The van der Waals surface area contributed by atoms with Crippen molar-refractivity contribution in [3.8, 4) is 0 Å². The second-order valence-corrected chi connectivity index (χ2v) is 7.96. The van der Waals surface area contributed by atoms with Crippen LogP contribution in [0, 0.1) is 0 Å². The molecule has 1 aliphatic carbocycles. The van der Waals surface area contributed by atoms with Crippen molar-refractivity contribution in [3.05, 3.63) is 29.2 Å². The van der Waals surface area contributed by atoms with Crippen LogP contribution in [0.5, 0.6) is 0 Å². The summed E-state index contributed by atoms with van der Waals surface area (Å²) in [7, 11) is 3.49. The predicted molar refractivity (Wildman–Crippen MR) is 97.4 cm³/mol. The first-order valence-electron chi connectivity index (χ1n) is 9.66. The zero-order valence-corrected chi connectivity index (χ0v) is 16.4. The number of hydrogen-bond donors (Lipinski definition) is 0. The third kappa shape index (κ3) is 3.26. The summed E-state index contributed by atoms with van der Waals surface area (Å²) in [6.07, 6.45) is 3.53. The first-order chi connectivity index (χ1) is 12.9. The van der Waals surface area contributed by atoms with E-state index in [0.29, 0.717) is 49.4 Å². The Labute approximate surface area is 158 Å². The van der Waals surface area contributed by atoms with Gasteiger partial charge in [-0.25, -0.2) is 0 Å². The maximum absolute atomic E-state index is 13.0. The SMILES string of the molecule is COC1(c2nc(C3CC3)no2)CCN(C(=O)c2cc(C(C)C)nn2C)CC1. The van der Waals surface area contributed by atoms with Gasteiger partial charge >= 0.3 is 0 Å². The van der Waals surface area contributed by atoms with Crippen molar-refractivity contribution in [2.75, 3.05) is 20.2 Å². The lowest BCUT2D eigenvalue weighted by atomic mass is 9.90. The average molecular weight is 373 g/mol. The van der Waals surface area contributed by atoms with Crippen molar-refractivity contribution in [3.63, 3.8) is 0 Å². The number of likely N-dealkylation sites (tertiary alicyclic amines) is 1. The van der Waals surface area contributed by atoms with Gasteiger partial charge in [-0.05, 0) is 24.8 Å². The fourth-order valence-corrected chi connectivity index (χ4v) is 3.64. The summed E-state index contributed by atoms with van der Waals surface area (Å²) >= 11 is 0. The van der Waals surface area contributed by atoms with E-state index in [9.17, 15) is 4.79 Å². The minimum atomic E-state index is -0.605. The number of carbonyl (C=O) groups excluding carboxylic acids is 1. The van der Waals surface area contributed by atoms with Gasteiger partial charge in [-0.2, -0.15) is 10.1 Å². The topological polar surface area (TPSA) is 86.3 Å². The average Bonchev–Trinajstić information content (AvgIpc) is 3.26. The van der Waals surface area contributed by atoms with Gasteiger partial charge < -0.3 is 14.2 Å². The van der Waals surface area contributed by atoms with Crippen LogP contribution in [-0.4, -0.2) is 50.9 Å². The largest absolute Gasteiger partial charge is 0.368 e. The second-order valence-electron chi connectivity index (χ2n) is 7.96. The molecule has 0 N–H and O–H groups in total. The van der Waals surface area contributed by atoms with E-state index in [-0.39, 0.29) is 5.91 Å². The summed E-state index contributed by atoms with van der Waals surface area (Å²) in [5.41, 5.74) is 0.951. The third-order valence-corrected chi connectivity index (χ3v) is 5.73. The summed E-state index contributed by atoms with van der Waals surface area (Å²) < 4.78 is 13.0. The molecule has 4 rings (SSSR count). The number of hydrogen-bond acceptors (Lipinski definition) is 6. The van der Waals surface area contributed by atoms with Gasteiger partial charge in [-0.15, -0.1) is 0 Å². The standard InChI is InChI=1S/C19H27N5O3/c1-12(2)14-11-15(23(3)21-14)17(25)24-9-7-19(26-4,8-10-24)18-20-16(22-27-18)13-5-6-13/h11-13H,5-10H2,1-4H3. The van der Waals surface area contributed by atoms with Crippen LogP contribution < -0.4 is 0 Å². The van der Waals surface area contributed by atoms with Crippen LogP contribution in [0.25, 0.3) is 0 Å². The minimum absolute atomic E-state index is 0.00537. The van der Waals surface area contributed by atoms with Gasteiger partial charge in [0, 0.05) is 46.0 Å². The first-order valence-corrected chi connectivity index (χ1v) is 9.66. The molecule has 2 aliphatic rings. The van der Waals surface area contributed by atoms with Gasteiger partial charge in [0.15, 0.2) is 5.82 Å². The van der Waals surface area contributed by atoms with E-state index in [1.54, 1.807) is 11.8 Å². The molecule has 1 aliphatic heterocycles. The number of ether oxygens (including phenoxy) is 1. The molecule has 0 unspecified atom stereocenters. The second kappa shape index (κ2) is 6.74. The van der Waals surface area contributed by atoms with Crippen molar-refractivity contribution in [1.82, 2.24) is 24.8 Å². The van der Waals surface area contributed by atoms with Crippen LogP contribution in [0.3, 0.4) is 0 Å². The summed E-state index contributed by atoms with van der Waals surface area (Å²) in [6, 6.07) is 1.89. The third-order valence-electron chi connectivity index (χ3n) is 5.73. The molecule has 2 aromatic heterocycles. The van der Waals surface area contributed by atoms with E-state index in [1.807, 2.05) is 18.0 Å². The lowest BCUT2D eigenvalue weighted by molar-refractivity contribution is -0.0780. The number of methoxy groups -OCH3 is 1. The highest BCUT2D eigenvalue weighted by molar-refractivity contribution is 5.92. The van der Waals surface area contributed by atoms with E-state index in [1.165, 1.54) is 0 Å². The van der Waals surface area contributed by atoms with E-state index < -0.39 is 5.60 Å². The van der Waals surface area contributed by atoms with Crippen LogP contribution in [0.1, 0.15) is 79.3 Å². The Hall–Kier alpha value is -2.22. The molecule has 8 heteroatoms. The van der Waals surface area contributed by atoms with E-state index in [4.69, 9.17) is 9.26 Å². The normalized spacial score (nSPS) is 19.7. The quantitative estimate of drug-likeness (QED) is 0.801. The molecule has 0 atom stereocenters. The molecule has 27 heavy (non-hydrogen) atoms. The summed E-state index contributed by atoms with van der Waals surface area (Å²) in [5.74, 6) is 2.07. The molecule has 3 heterocycles. The van der Waals surface area contributed by atoms with Crippen molar-refractivity contribution in [2.24, 2.45) is 7.05 Å². The van der Waals surface area contributed by atoms with E-state index in [0.717, 1.165) is 24.4 Å². The number of piperidine rings is 1. The number of rotatable bonds is 5. The fourth-order valence-electron chi connectivity index (χ4n) is 3.64. The Kier molecular flexibility index (Phi) is 4.53. The lowest BCUT2D eigenvalue weighted by Crippen LogP contribution is -2.46. The summed E-state index contributed by atoms with van der Waals surface area (Å²) in [4.78, 5) is 19.4. The molecule has 0 aromatic carbocycles. The molecule has 1 saturated carbocycles. The molecule has 146 valence electrons. The maximum Gasteiger partial charge on any atom is 0.272 e. The van der Waals surface area contributed by atoms with Crippen LogP contribution >= 0.6 is 0 Å². The van der Waals surface area contributed by atoms with Crippen LogP contribution in [0.4, 0.5) is 0 Å². The molecular weight excluding hydrogens is 346 g/mol. The van der Waals surface area contributed by atoms with Gasteiger partial charge in [0.1, 0.15) is 11.3 Å². The molecule has 8 nitrogen and oxygen atoms in total. The molecule has 0 radical (unpaired) electrons. The number of aryl methyl sites for hydroxylation is 1. The molecular formula is C19H27N5O3. The number of nitrogens with zero attached hydrogens (tertiary/aromatic N) is 5. The summed E-state index contributed by atoms with van der Waals surface area (Å²) in [5, 5.41) is 8.58. The Morgan fingerprint density at radius 3 is 2.59 bits per heavy atom. The number of aromatic nitrogens is 4. The molecule has 2 fully saturated rings.